The fourth-order valence-electron chi connectivity index (χ4n) is 1.18. The minimum Gasteiger partial charge on any atom is -0.398 e. The predicted octanol–water partition coefficient (Wildman–Crippen LogP) is -0.532. The van der Waals surface area contributed by atoms with E-state index in [-0.39, 0.29) is 23.0 Å². The van der Waals surface area contributed by atoms with Gasteiger partial charge in [0.15, 0.2) is 0 Å². The van der Waals surface area contributed by atoms with Crippen LogP contribution in [0.1, 0.15) is 13.3 Å². The lowest BCUT2D eigenvalue weighted by Crippen LogP contribution is -2.37. The van der Waals surface area contributed by atoms with E-state index < -0.39 is 10.0 Å². The van der Waals surface area contributed by atoms with Gasteiger partial charge in [-0.25, -0.2) is 13.1 Å². The van der Waals surface area contributed by atoms with Gasteiger partial charge in [0.1, 0.15) is 4.90 Å². The molecule has 0 fully saturated rings. The van der Waals surface area contributed by atoms with Gasteiger partial charge in [-0.2, -0.15) is 0 Å². The maximum Gasteiger partial charge on any atom is 0.244 e. The molecule has 0 aliphatic rings. The van der Waals surface area contributed by atoms with E-state index in [2.05, 4.69) is 15.0 Å². The summed E-state index contributed by atoms with van der Waals surface area (Å²) < 4.78 is 25.8. The normalized spacial score (nSPS) is 11.2. The Hall–Kier alpha value is -1.67. The van der Waals surface area contributed by atoms with Crippen molar-refractivity contribution < 1.29 is 13.2 Å². The molecule has 1 aromatic heterocycles. The number of pyridine rings is 1. The molecule has 0 spiro atoms. The van der Waals surface area contributed by atoms with Crippen molar-refractivity contribution in [3.05, 3.63) is 18.5 Å². The van der Waals surface area contributed by atoms with E-state index >= 15 is 0 Å². The number of anilines is 1. The molecule has 0 aliphatic carbocycles. The van der Waals surface area contributed by atoms with Crippen LogP contribution in [-0.4, -0.2) is 32.4 Å². The van der Waals surface area contributed by atoms with Crippen LogP contribution in [0.5, 0.6) is 0 Å². The number of hydrogen-bond donors (Lipinski definition) is 3. The van der Waals surface area contributed by atoms with Gasteiger partial charge in [0, 0.05) is 18.9 Å². The molecule has 0 radical (unpaired) electrons. The molecule has 0 bridgehead atoms. The summed E-state index contributed by atoms with van der Waals surface area (Å²) in [7, 11) is -3.81. The molecule has 100 valence electrons. The number of amides is 1. The number of nitrogens with one attached hydrogen (secondary N) is 2. The van der Waals surface area contributed by atoms with Gasteiger partial charge < -0.3 is 11.1 Å². The zero-order valence-electron chi connectivity index (χ0n) is 10.0. The van der Waals surface area contributed by atoms with Crippen molar-refractivity contribution in [1.29, 1.82) is 0 Å². The molecule has 0 unspecified atom stereocenters. The van der Waals surface area contributed by atoms with E-state index in [1.807, 2.05) is 6.92 Å². The quantitative estimate of drug-likeness (QED) is 0.644. The summed E-state index contributed by atoms with van der Waals surface area (Å²) >= 11 is 0. The Morgan fingerprint density at radius 3 is 2.83 bits per heavy atom. The minimum atomic E-state index is -3.81. The Balaban J connectivity index is 2.67. The van der Waals surface area contributed by atoms with Crippen molar-refractivity contribution in [1.82, 2.24) is 15.0 Å². The second-order valence-corrected chi connectivity index (χ2v) is 5.32. The molecule has 4 N–H and O–H groups in total. The average Bonchev–Trinajstić information content (AvgIpc) is 2.34. The van der Waals surface area contributed by atoms with Crippen LogP contribution in [0.4, 0.5) is 5.69 Å². The Kier molecular flexibility index (Phi) is 5.05. The molecule has 0 aromatic carbocycles. The molecular formula is C10H16N4O3S. The third-order valence-corrected chi connectivity index (χ3v) is 3.55. The smallest absolute Gasteiger partial charge is 0.244 e. The summed E-state index contributed by atoms with van der Waals surface area (Å²) in [5, 5.41) is 2.56. The van der Waals surface area contributed by atoms with Crippen LogP contribution in [-0.2, 0) is 14.8 Å². The number of carbonyl (C=O) groups is 1. The fraction of sp³-hybridized carbons (Fsp3) is 0.400. The van der Waals surface area contributed by atoms with Crippen LogP contribution >= 0.6 is 0 Å². The second-order valence-electron chi connectivity index (χ2n) is 3.59. The zero-order chi connectivity index (χ0) is 13.6. The molecule has 18 heavy (non-hydrogen) atoms. The van der Waals surface area contributed by atoms with Crippen molar-refractivity contribution in [2.24, 2.45) is 0 Å². The number of hydrogen-bond acceptors (Lipinski definition) is 5. The summed E-state index contributed by atoms with van der Waals surface area (Å²) in [6.45, 7) is 2.09. The molecule has 7 nitrogen and oxygen atoms in total. The van der Waals surface area contributed by atoms with E-state index in [0.29, 0.717) is 6.54 Å². The van der Waals surface area contributed by atoms with Crippen molar-refractivity contribution >= 4 is 21.6 Å². The lowest BCUT2D eigenvalue weighted by molar-refractivity contribution is -0.119. The number of nitrogens with zero attached hydrogens (tertiary/aromatic N) is 1. The largest absolute Gasteiger partial charge is 0.398 e. The van der Waals surface area contributed by atoms with Crippen molar-refractivity contribution in [3.8, 4) is 0 Å². The summed E-state index contributed by atoms with van der Waals surface area (Å²) in [6, 6.07) is 1.38. The lowest BCUT2D eigenvalue weighted by Gasteiger charge is -2.08. The predicted molar refractivity (Wildman–Crippen MR) is 67.1 cm³/mol. The van der Waals surface area contributed by atoms with Crippen LogP contribution in [0, 0.1) is 0 Å². The number of nitrogens with two attached hydrogens (primary N) is 1. The Labute approximate surface area is 106 Å². The summed E-state index contributed by atoms with van der Waals surface area (Å²) in [4.78, 5) is 14.8. The van der Waals surface area contributed by atoms with Crippen LogP contribution in [0.3, 0.4) is 0 Å². The Bertz CT molecular complexity index is 516. The van der Waals surface area contributed by atoms with E-state index in [9.17, 15) is 13.2 Å². The molecule has 1 rings (SSSR count). The highest BCUT2D eigenvalue weighted by molar-refractivity contribution is 7.89. The highest BCUT2D eigenvalue weighted by atomic mass is 32.2. The van der Waals surface area contributed by atoms with Gasteiger partial charge in [-0.05, 0) is 12.5 Å². The standard InChI is InChI=1S/C10H16N4O3S/c1-2-4-13-10(15)7-14-18(16,17)9-6-12-5-3-8(9)11/h3,5-6,14H,2,4,7H2,1H3,(H2,11,12)(H,13,15). The van der Waals surface area contributed by atoms with Crippen molar-refractivity contribution in [2.75, 3.05) is 18.8 Å². The molecule has 1 aromatic rings. The van der Waals surface area contributed by atoms with E-state index in [4.69, 9.17) is 5.73 Å². The number of rotatable bonds is 6. The monoisotopic (exact) mass is 272 g/mol. The third-order valence-electron chi connectivity index (χ3n) is 2.10. The molecule has 0 saturated carbocycles. The molecule has 1 amide bonds. The van der Waals surface area contributed by atoms with Crippen LogP contribution in [0.2, 0.25) is 0 Å². The van der Waals surface area contributed by atoms with Gasteiger partial charge in [0.25, 0.3) is 0 Å². The minimum absolute atomic E-state index is 0.0893. The molecule has 1 heterocycles. The molecule has 0 saturated heterocycles. The first kappa shape index (κ1) is 14.4. The lowest BCUT2D eigenvalue weighted by atomic mass is 10.4. The van der Waals surface area contributed by atoms with Crippen LogP contribution in [0.15, 0.2) is 23.4 Å². The number of aromatic nitrogens is 1. The topological polar surface area (TPSA) is 114 Å². The molecule has 8 heteroatoms. The Morgan fingerprint density at radius 1 is 1.50 bits per heavy atom. The fourth-order valence-corrected chi connectivity index (χ4v) is 2.24. The SMILES string of the molecule is CCCNC(=O)CNS(=O)(=O)c1cnccc1N. The first-order chi connectivity index (χ1) is 8.47. The zero-order valence-corrected chi connectivity index (χ0v) is 10.8. The maximum atomic E-state index is 11.8. The first-order valence-corrected chi connectivity index (χ1v) is 6.91. The van der Waals surface area contributed by atoms with Gasteiger partial charge in [-0.1, -0.05) is 6.92 Å². The van der Waals surface area contributed by atoms with Gasteiger partial charge in [0.2, 0.25) is 15.9 Å². The van der Waals surface area contributed by atoms with Crippen LogP contribution < -0.4 is 15.8 Å². The highest BCUT2D eigenvalue weighted by Gasteiger charge is 2.18. The summed E-state index contributed by atoms with van der Waals surface area (Å²) in [6.07, 6.45) is 3.32. The van der Waals surface area contributed by atoms with E-state index in [1.165, 1.54) is 12.3 Å². The van der Waals surface area contributed by atoms with Crippen molar-refractivity contribution in [3.63, 3.8) is 0 Å². The van der Waals surface area contributed by atoms with Gasteiger partial charge in [-0.15, -0.1) is 0 Å². The van der Waals surface area contributed by atoms with Gasteiger partial charge in [-0.3, -0.25) is 9.78 Å². The van der Waals surface area contributed by atoms with E-state index in [0.717, 1.165) is 12.6 Å². The summed E-state index contributed by atoms with van der Waals surface area (Å²) in [5.41, 5.74) is 5.62. The molecular weight excluding hydrogens is 256 g/mol. The second kappa shape index (κ2) is 6.31. The maximum absolute atomic E-state index is 11.8. The van der Waals surface area contributed by atoms with Gasteiger partial charge >= 0.3 is 0 Å². The van der Waals surface area contributed by atoms with E-state index in [1.54, 1.807) is 0 Å². The molecule has 0 aliphatic heterocycles. The van der Waals surface area contributed by atoms with Crippen LogP contribution in [0.25, 0.3) is 0 Å². The molecule has 0 atom stereocenters. The number of nitrogen functional groups attached to an aromatic ring is 1. The number of carbonyl (C=O) groups excluding carboxylic acids is 1. The number of sulfonamides is 1. The summed E-state index contributed by atoms with van der Waals surface area (Å²) in [5.74, 6) is -0.386. The third kappa shape index (κ3) is 3.97. The van der Waals surface area contributed by atoms with Crippen molar-refractivity contribution in [2.45, 2.75) is 18.2 Å². The Morgan fingerprint density at radius 2 is 2.22 bits per heavy atom. The first-order valence-electron chi connectivity index (χ1n) is 5.43. The highest BCUT2D eigenvalue weighted by Crippen LogP contribution is 2.14. The average molecular weight is 272 g/mol. The van der Waals surface area contributed by atoms with Gasteiger partial charge in [0.05, 0.1) is 12.2 Å².